The highest BCUT2D eigenvalue weighted by Crippen LogP contribution is 2.40. The largest absolute Gasteiger partial charge is 0.356 e. The van der Waals surface area contributed by atoms with E-state index in [1.165, 1.54) is 18.8 Å². The second-order valence-electron chi connectivity index (χ2n) is 7.04. The average molecular weight is 327 g/mol. The minimum atomic E-state index is -0.386. The normalized spacial score (nSPS) is 23.9. The monoisotopic (exact) mass is 327 g/mol. The number of nitrogens with zero attached hydrogens (tertiary/aromatic N) is 5. The number of aromatic nitrogens is 3. The molecule has 0 bridgehead atoms. The Kier molecular flexibility index (Phi) is 3.82. The third-order valence-electron chi connectivity index (χ3n) is 5.19. The summed E-state index contributed by atoms with van der Waals surface area (Å²) in [7, 11) is 0. The van der Waals surface area contributed by atoms with Gasteiger partial charge in [0.05, 0.1) is 12.4 Å². The zero-order valence-electron chi connectivity index (χ0n) is 14.0. The summed E-state index contributed by atoms with van der Waals surface area (Å²) in [6.07, 6.45) is 5.99. The molecule has 5 nitrogen and oxygen atoms in total. The number of aryl methyl sites for hydroxylation is 1. The number of hydrogen-bond donors (Lipinski definition) is 0. The first-order valence-corrected chi connectivity index (χ1v) is 8.55. The smallest absolute Gasteiger partial charge is 0.225 e. The molecule has 2 aromatic heterocycles. The molecule has 0 radical (unpaired) electrons. The summed E-state index contributed by atoms with van der Waals surface area (Å²) in [6.45, 7) is 5.95. The Bertz CT molecular complexity index is 720. The van der Waals surface area contributed by atoms with Gasteiger partial charge in [-0.2, -0.15) is 0 Å². The summed E-state index contributed by atoms with van der Waals surface area (Å²) in [5.41, 5.74) is 1.31. The van der Waals surface area contributed by atoms with Gasteiger partial charge in [-0.05, 0) is 38.3 Å². The molecule has 2 aliphatic heterocycles. The van der Waals surface area contributed by atoms with E-state index in [0.29, 0.717) is 5.95 Å². The van der Waals surface area contributed by atoms with E-state index >= 15 is 0 Å². The molecule has 0 N–H and O–H groups in total. The average Bonchev–Trinajstić information content (AvgIpc) is 2.99. The predicted octanol–water partition coefficient (Wildman–Crippen LogP) is 2.82. The summed E-state index contributed by atoms with van der Waals surface area (Å²) < 4.78 is 13.1. The zero-order chi connectivity index (χ0) is 16.6. The Morgan fingerprint density at radius 3 is 2.62 bits per heavy atom. The third-order valence-corrected chi connectivity index (χ3v) is 5.19. The summed E-state index contributed by atoms with van der Waals surface area (Å²) >= 11 is 0. The van der Waals surface area contributed by atoms with Gasteiger partial charge in [0, 0.05) is 37.3 Å². The van der Waals surface area contributed by atoms with Gasteiger partial charge in [0.15, 0.2) is 5.82 Å². The first kappa shape index (κ1) is 15.3. The van der Waals surface area contributed by atoms with Crippen molar-refractivity contribution in [3.63, 3.8) is 0 Å². The fourth-order valence-electron chi connectivity index (χ4n) is 4.02. The van der Waals surface area contributed by atoms with Crippen LogP contribution < -0.4 is 9.80 Å². The van der Waals surface area contributed by atoms with Gasteiger partial charge in [0.25, 0.3) is 0 Å². The van der Waals surface area contributed by atoms with E-state index in [1.54, 1.807) is 0 Å². The number of piperidine rings is 1. The van der Waals surface area contributed by atoms with Crippen LogP contribution in [0.4, 0.5) is 16.2 Å². The van der Waals surface area contributed by atoms with Crippen molar-refractivity contribution in [2.45, 2.75) is 26.2 Å². The maximum atomic E-state index is 13.1. The number of pyridine rings is 1. The molecule has 2 aliphatic rings. The lowest BCUT2D eigenvalue weighted by Gasteiger charge is -2.40. The lowest BCUT2D eigenvalue weighted by atomic mass is 9.79. The van der Waals surface area contributed by atoms with E-state index in [9.17, 15) is 4.39 Å². The Balaban J connectivity index is 1.50. The van der Waals surface area contributed by atoms with Crippen molar-refractivity contribution in [3.8, 4) is 0 Å². The second-order valence-corrected chi connectivity index (χ2v) is 7.04. The van der Waals surface area contributed by atoms with E-state index in [0.717, 1.165) is 50.5 Å². The highest BCUT2D eigenvalue weighted by atomic mass is 19.1. The van der Waals surface area contributed by atoms with Crippen LogP contribution in [-0.2, 0) is 0 Å². The van der Waals surface area contributed by atoms with Crippen LogP contribution >= 0.6 is 0 Å². The minimum Gasteiger partial charge on any atom is -0.356 e. The van der Waals surface area contributed by atoms with Crippen LogP contribution in [0, 0.1) is 18.2 Å². The van der Waals surface area contributed by atoms with Gasteiger partial charge in [-0.25, -0.2) is 19.3 Å². The van der Waals surface area contributed by atoms with Crippen LogP contribution in [0.3, 0.4) is 0 Å². The molecule has 0 aliphatic carbocycles. The molecule has 1 atom stereocenters. The van der Waals surface area contributed by atoms with Gasteiger partial charge in [-0.3, -0.25) is 0 Å². The van der Waals surface area contributed by atoms with Crippen LogP contribution in [-0.4, -0.2) is 41.1 Å². The molecular formula is C18H22FN5. The fourth-order valence-corrected chi connectivity index (χ4v) is 4.02. The SMILES string of the molecule is Cc1cccc(N2CCC3(CCCN(c4ncc(F)cn4)C3)C2)n1. The summed E-state index contributed by atoms with van der Waals surface area (Å²) in [4.78, 5) is 17.6. The molecule has 4 rings (SSSR count). The molecular weight excluding hydrogens is 305 g/mol. The molecule has 1 spiro atoms. The highest BCUT2D eigenvalue weighted by molar-refractivity contribution is 5.42. The van der Waals surface area contributed by atoms with E-state index < -0.39 is 0 Å². The summed E-state index contributed by atoms with van der Waals surface area (Å²) in [6, 6.07) is 6.20. The minimum absolute atomic E-state index is 0.251. The molecule has 0 saturated carbocycles. The zero-order valence-corrected chi connectivity index (χ0v) is 14.0. The van der Waals surface area contributed by atoms with E-state index in [1.807, 2.05) is 13.0 Å². The van der Waals surface area contributed by atoms with Crippen LogP contribution in [0.1, 0.15) is 25.0 Å². The summed E-state index contributed by atoms with van der Waals surface area (Å²) in [5.74, 6) is 1.33. The lowest BCUT2D eigenvalue weighted by molar-refractivity contribution is 0.262. The van der Waals surface area contributed by atoms with E-state index in [4.69, 9.17) is 0 Å². The van der Waals surface area contributed by atoms with Crippen molar-refractivity contribution in [3.05, 3.63) is 42.1 Å². The number of halogens is 1. The molecule has 2 fully saturated rings. The molecule has 2 saturated heterocycles. The van der Waals surface area contributed by atoms with Crippen molar-refractivity contribution >= 4 is 11.8 Å². The van der Waals surface area contributed by atoms with Gasteiger partial charge >= 0.3 is 0 Å². The Hall–Kier alpha value is -2.24. The number of rotatable bonds is 2. The molecule has 126 valence electrons. The first-order valence-electron chi connectivity index (χ1n) is 8.55. The molecule has 0 amide bonds. The van der Waals surface area contributed by atoms with Gasteiger partial charge in [0.2, 0.25) is 5.95 Å². The molecule has 2 aromatic rings. The van der Waals surface area contributed by atoms with Crippen LogP contribution in [0.25, 0.3) is 0 Å². The first-order chi connectivity index (χ1) is 11.6. The van der Waals surface area contributed by atoms with Crippen LogP contribution in [0.15, 0.2) is 30.6 Å². The molecule has 24 heavy (non-hydrogen) atoms. The van der Waals surface area contributed by atoms with Crippen molar-refractivity contribution in [2.75, 3.05) is 36.0 Å². The molecule has 0 aromatic carbocycles. The van der Waals surface area contributed by atoms with E-state index in [2.05, 4.69) is 36.9 Å². The van der Waals surface area contributed by atoms with Gasteiger partial charge in [0.1, 0.15) is 5.82 Å². The number of hydrogen-bond acceptors (Lipinski definition) is 5. The Labute approximate surface area is 141 Å². The fraction of sp³-hybridized carbons (Fsp3) is 0.500. The predicted molar refractivity (Wildman–Crippen MR) is 91.7 cm³/mol. The van der Waals surface area contributed by atoms with Crippen molar-refractivity contribution in [2.24, 2.45) is 5.41 Å². The van der Waals surface area contributed by atoms with Crippen LogP contribution in [0.2, 0.25) is 0 Å². The highest BCUT2D eigenvalue weighted by Gasteiger charge is 2.42. The third kappa shape index (κ3) is 2.92. The van der Waals surface area contributed by atoms with Gasteiger partial charge in [-0.15, -0.1) is 0 Å². The second kappa shape index (κ2) is 6.00. The number of anilines is 2. The molecule has 6 heteroatoms. The van der Waals surface area contributed by atoms with Crippen molar-refractivity contribution in [1.82, 2.24) is 15.0 Å². The van der Waals surface area contributed by atoms with Crippen molar-refractivity contribution in [1.29, 1.82) is 0 Å². The van der Waals surface area contributed by atoms with E-state index in [-0.39, 0.29) is 11.2 Å². The quantitative estimate of drug-likeness (QED) is 0.849. The molecule has 4 heterocycles. The maximum absolute atomic E-state index is 13.1. The lowest BCUT2D eigenvalue weighted by Crippen LogP contribution is -2.45. The van der Waals surface area contributed by atoms with Gasteiger partial charge in [-0.1, -0.05) is 6.07 Å². The Morgan fingerprint density at radius 1 is 1.04 bits per heavy atom. The standard InChI is InChI=1S/C18H22FN5/c1-14-4-2-5-16(22-14)23-9-7-18(12-23)6-3-8-24(13-18)17-20-10-15(19)11-21-17/h2,4-5,10-11H,3,6-9,12-13H2,1H3. The van der Waals surface area contributed by atoms with Crippen molar-refractivity contribution < 1.29 is 4.39 Å². The maximum Gasteiger partial charge on any atom is 0.225 e. The van der Waals surface area contributed by atoms with Gasteiger partial charge < -0.3 is 9.80 Å². The summed E-state index contributed by atoms with van der Waals surface area (Å²) in [5, 5.41) is 0. The Morgan fingerprint density at radius 2 is 1.83 bits per heavy atom. The molecule has 1 unspecified atom stereocenters. The topological polar surface area (TPSA) is 45.2 Å². The van der Waals surface area contributed by atoms with Crippen LogP contribution in [0.5, 0.6) is 0 Å².